The summed E-state index contributed by atoms with van der Waals surface area (Å²) < 4.78 is 1.21. The Morgan fingerprint density at radius 2 is 2.00 bits per heavy atom. The van der Waals surface area contributed by atoms with Crippen molar-refractivity contribution in [3.8, 4) is 0 Å². The van der Waals surface area contributed by atoms with Crippen LogP contribution in [0.25, 0.3) is 0 Å². The maximum absolute atomic E-state index is 3.51. The van der Waals surface area contributed by atoms with E-state index in [4.69, 9.17) is 0 Å². The Morgan fingerprint density at radius 3 is 2.00 bits per heavy atom. The molecule has 0 aliphatic carbocycles. The van der Waals surface area contributed by atoms with Crippen LogP contribution in [0.3, 0.4) is 0 Å². The Hall–Kier alpha value is 1.30. The van der Waals surface area contributed by atoms with E-state index >= 15 is 0 Å². The van der Waals surface area contributed by atoms with Crippen LogP contribution in [0.2, 0.25) is 4.44 Å². The van der Waals surface area contributed by atoms with Crippen molar-refractivity contribution >= 4 is 45.6 Å². The summed E-state index contributed by atoms with van der Waals surface area (Å²) in [5.74, 6) is 0. The molecule has 0 fully saturated rings. The maximum atomic E-state index is 3.51. The van der Waals surface area contributed by atoms with Crippen molar-refractivity contribution in [3.05, 3.63) is 12.7 Å². The summed E-state index contributed by atoms with van der Waals surface area (Å²) in [4.78, 5) is 0. The number of hydrogen-bond donors (Lipinski definition) is 0. The molecule has 0 N–H and O–H groups in total. The molecule has 0 aliphatic rings. The topological polar surface area (TPSA) is 0 Å². The van der Waals surface area contributed by atoms with Crippen molar-refractivity contribution in [2.75, 3.05) is 0 Å². The van der Waals surface area contributed by atoms with Gasteiger partial charge in [-0.25, -0.2) is 0 Å². The van der Waals surface area contributed by atoms with Crippen LogP contribution in [0.1, 0.15) is 0 Å². The predicted molar refractivity (Wildman–Crippen MR) is 30.7 cm³/mol. The molecule has 0 unspecified atom stereocenters. The van der Waals surface area contributed by atoms with Crippen LogP contribution in [0.5, 0.6) is 0 Å². The summed E-state index contributed by atoms with van der Waals surface area (Å²) in [6, 6.07) is 0. The molecule has 0 nitrogen and oxygen atoms in total. The smallest absolute Gasteiger partial charge is 0.316 e. The van der Waals surface area contributed by atoms with E-state index in [1.807, 2.05) is 6.08 Å². The first-order chi connectivity index (χ1) is 1.91. The molecule has 0 spiro atoms. The van der Waals surface area contributed by atoms with Gasteiger partial charge in [-0.2, -0.15) is 0 Å². The van der Waals surface area contributed by atoms with Crippen molar-refractivity contribution in [2.45, 2.75) is 4.44 Å². The standard InChI is InChI=1S/C3H5.Mg.Sn.3H/c1-3-2;;;;;/h3H,1-2H2;;;;;. The van der Waals surface area contributed by atoms with Gasteiger partial charge in [-0.3, -0.25) is 0 Å². The van der Waals surface area contributed by atoms with Gasteiger partial charge in [0.25, 0.3) is 0 Å². The van der Waals surface area contributed by atoms with Crippen molar-refractivity contribution in [2.24, 2.45) is 0 Å². The van der Waals surface area contributed by atoms with Gasteiger partial charge in [0.15, 0.2) is 0 Å². The van der Waals surface area contributed by atoms with Crippen LogP contribution in [-0.2, 0) is 0 Å². The van der Waals surface area contributed by atoms with Crippen LogP contribution >= 0.6 is 0 Å². The molecule has 0 saturated heterocycles. The summed E-state index contributed by atoms with van der Waals surface area (Å²) in [6.45, 7) is 3.51. The minimum absolute atomic E-state index is 0. The SMILES string of the molecule is C=C[CH2][SnH].[MgH2]. The van der Waals surface area contributed by atoms with Gasteiger partial charge in [-0.1, -0.05) is 0 Å². The zero-order valence-electron chi connectivity index (χ0n) is 2.57. The zero-order chi connectivity index (χ0) is 3.41. The Morgan fingerprint density at radius 1 is 1.80 bits per heavy atom. The molecule has 0 aromatic carbocycles. The van der Waals surface area contributed by atoms with Crippen molar-refractivity contribution in [1.82, 2.24) is 0 Å². The van der Waals surface area contributed by atoms with Gasteiger partial charge in [-0.15, -0.1) is 0 Å². The molecule has 0 atom stereocenters. The number of allylic oxidation sites excluding steroid dienone is 1. The van der Waals surface area contributed by atoms with E-state index in [9.17, 15) is 0 Å². The van der Waals surface area contributed by atoms with E-state index in [2.05, 4.69) is 6.58 Å². The second-order valence-electron chi connectivity index (χ2n) is 0.524. The third-order valence-electron chi connectivity index (χ3n) is 0.167. The Bertz CT molecular complexity index is 20.9. The molecule has 0 amide bonds. The molecular formula is C3H8MgSn. The van der Waals surface area contributed by atoms with Crippen molar-refractivity contribution in [3.63, 3.8) is 0 Å². The normalized spacial score (nSPS) is 5.00. The molecule has 0 aliphatic heterocycles. The van der Waals surface area contributed by atoms with E-state index < -0.39 is 0 Å². The summed E-state index contributed by atoms with van der Waals surface area (Å²) in [5.41, 5.74) is 0. The van der Waals surface area contributed by atoms with E-state index in [-0.39, 0.29) is 23.1 Å². The molecule has 2 radical (unpaired) electrons. The van der Waals surface area contributed by atoms with Gasteiger partial charge in [0.05, 0.1) is 0 Å². The summed E-state index contributed by atoms with van der Waals surface area (Å²) in [5, 5.41) is 0. The fraction of sp³-hybridized carbons (Fsp3) is 0.333. The molecule has 0 heterocycles. The monoisotopic (exact) mass is 188 g/mol. The predicted octanol–water partition coefficient (Wildman–Crippen LogP) is -0.425. The van der Waals surface area contributed by atoms with Gasteiger partial charge in [0, 0.05) is 0 Å². The number of hydrogen-bond acceptors (Lipinski definition) is 0. The summed E-state index contributed by atoms with van der Waals surface area (Å²) >= 11 is 1.32. The van der Waals surface area contributed by atoms with Gasteiger partial charge in [0.1, 0.15) is 0 Å². The third-order valence-corrected chi connectivity index (χ3v) is 1.12. The van der Waals surface area contributed by atoms with Crippen LogP contribution in [-0.4, -0.2) is 45.6 Å². The molecular weight excluding hydrogens is 179 g/mol. The average Bonchev–Trinajstić information content (AvgIpc) is 1.37. The molecule has 0 rings (SSSR count). The molecule has 2 heteroatoms. The van der Waals surface area contributed by atoms with Gasteiger partial charge in [0.2, 0.25) is 0 Å². The number of rotatable bonds is 1. The fourth-order valence-corrected chi connectivity index (χ4v) is 0. The largest absolute Gasteiger partial charge is 0.316 e. The first-order valence-electron chi connectivity index (χ1n) is 1.22. The molecule has 0 saturated carbocycles. The van der Waals surface area contributed by atoms with Crippen molar-refractivity contribution < 1.29 is 0 Å². The quantitative estimate of drug-likeness (QED) is 0.386. The minimum Gasteiger partial charge on any atom is 0.316 e. The second-order valence-corrected chi connectivity index (χ2v) is 1.87. The maximum Gasteiger partial charge on any atom is 0.316 e. The van der Waals surface area contributed by atoms with E-state index in [1.54, 1.807) is 0 Å². The molecule has 0 aromatic heterocycles. The van der Waals surface area contributed by atoms with Crippen LogP contribution in [0.15, 0.2) is 12.7 Å². The molecule has 0 aromatic rings. The second kappa shape index (κ2) is 9.00. The van der Waals surface area contributed by atoms with Gasteiger partial charge in [-0.05, 0) is 0 Å². The Labute approximate surface area is 62.3 Å². The summed E-state index contributed by atoms with van der Waals surface area (Å²) in [6.07, 6.45) is 1.93. The first kappa shape index (κ1) is 9.57. The van der Waals surface area contributed by atoms with Gasteiger partial charge < -0.3 is 0 Å². The summed E-state index contributed by atoms with van der Waals surface area (Å²) in [7, 11) is 0. The fourth-order valence-electron chi connectivity index (χ4n) is 0. The minimum atomic E-state index is 0. The van der Waals surface area contributed by atoms with E-state index in [0.717, 1.165) is 0 Å². The van der Waals surface area contributed by atoms with E-state index in [0.29, 0.717) is 0 Å². The zero-order valence-corrected chi connectivity index (χ0v) is 5.86. The first-order valence-corrected chi connectivity index (χ1v) is 3.56. The van der Waals surface area contributed by atoms with Crippen LogP contribution in [0, 0.1) is 0 Å². The van der Waals surface area contributed by atoms with Crippen LogP contribution in [0.4, 0.5) is 0 Å². The average molecular weight is 187 g/mol. The van der Waals surface area contributed by atoms with Crippen molar-refractivity contribution in [1.29, 1.82) is 0 Å². The van der Waals surface area contributed by atoms with E-state index in [1.165, 1.54) is 27.0 Å². The third kappa shape index (κ3) is 10.9. The van der Waals surface area contributed by atoms with Gasteiger partial charge >= 0.3 is 62.7 Å². The van der Waals surface area contributed by atoms with Crippen LogP contribution < -0.4 is 0 Å². The molecule has 0 bridgehead atoms. The molecule has 5 heavy (non-hydrogen) atoms. The Kier molecular flexibility index (Phi) is 17.2. The molecule has 26 valence electrons. The Balaban J connectivity index is 0.